The standard InChI is InChI=1S/C51H55N3O14/c1-4-23-65-51-47(53(29-32-11-18-45-46(24-32)64-31-63-45)50(58)67-36-14-12-35(13-15-36)54(59)60)28-42(52-62-3)40-26-33(9-5-7-21-55)39(10-6-8-22-56)48(49(40)51)41-27-38(17-20-44(41)68-51)66-37-16-19-43(61-2)34(25-37)30-57/h4,11-20,24-27,30,33,39,47-49,55-56H,1,5-10,21-23,28-29,31H2,2-3H3. The van der Waals surface area contributed by atoms with Gasteiger partial charge in [0.2, 0.25) is 12.6 Å². The van der Waals surface area contributed by atoms with Crippen molar-refractivity contribution >= 4 is 23.8 Å². The molecule has 358 valence electrons. The second-order valence-corrected chi connectivity index (χ2v) is 17.0. The van der Waals surface area contributed by atoms with E-state index in [-0.39, 0.29) is 68.8 Å². The Bertz CT molecular complexity index is 2550. The highest BCUT2D eigenvalue weighted by Crippen LogP contribution is 2.62. The molecule has 6 unspecified atom stereocenters. The number of nitro groups is 1. The maximum Gasteiger partial charge on any atom is 0.416 e. The third-order valence-electron chi connectivity index (χ3n) is 13.1. The molecule has 4 aliphatic rings. The molecule has 2 aliphatic carbocycles. The number of aliphatic hydroxyl groups excluding tert-OH is 2. The van der Waals surface area contributed by atoms with Gasteiger partial charge in [-0.15, -0.1) is 6.58 Å². The number of methoxy groups -OCH3 is 1. The number of fused-ring (bicyclic) bond motifs is 3. The number of amides is 1. The number of carbonyl (C=O) groups is 2. The Morgan fingerprint density at radius 1 is 0.926 bits per heavy atom. The molecular formula is C51H55N3O14. The van der Waals surface area contributed by atoms with Crippen molar-refractivity contribution < 1.29 is 62.7 Å². The highest BCUT2D eigenvalue weighted by atomic mass is 16.7. The maximum atomic E-state index is 15.1. The van der Waals surface area contributed by atoms with Crippen LogP contribution in [0.15, 0.2) is 108 Å². The van der Waals surface area contributed by atoms with Crippen LogP contribution in [0, 0.1) is 27.9 Å². The van der Waals surface area contributed by atoms with Gasteiger partial charge in [-0.25, -0.2) is 4.79 Å². The first-order chi connectivity index (χ1) is 33.1. The van der Waals surface area contributed by atoms with E-state index >= 15 is 4.79 Å². The lowest BCUT2D eigenvalue weighted by molar-refractivity contribution is -0.384. The van der Waals surface area contributed by atoms with Crippen LogP contribution in [0.5, 0.6) is 40.2 Å². The van der Waals surface area contributed by atoms with Gasteiger partial charge >= 0.3 is 6.09 Å². The molecule has 2 aliphatic heterocycles. The fraction of sp³-hybridized carbons (Fsp3) is 0.392. The van der Waals surface area contributed by atoms with Crippen molar-refractivity contribution in [1.82, 2.24) is 4.90 Å². The lowest BCUT2D eigenvalue weighted by Gasteiger charge is -2.59. The van der Waals surface area contributed by atoms with E-state index in [1.54, 1.807) is 42.5 Å². The van der Waals surface area contributed by atoms with Crippen LogP contribution in [0.4, 0.5) is 10.5 Å². The van der Waals surface area contributed by atoms with Crippen molar-refractivity contribution in [3.63, 3.8) is 0 Å². The largest absolute Gasteiger partial charge is 0.496 e. The van der Waals surface area contributed by atoms with Gasteiger partial charge in [-0.05, 0) is 109 Å². The molecule has 2 N–H and O–H groups in total. The molecule has 2 heterocycles. The van der Waals surface area contributed by atoms with Crippen molar-refractivity contribution in [2.75, 3.05) is 40.8 Å². The van der Waals surface area contributed by atoms with Crippen LogP contribution in [0.2, 0.25) is 0 Å². The number of rotatable bonds is 21. The van der Waals surface area contributed by atoms with Crippen molar-refractivity contribution in [1.29, 1.82) is 0 Å². The molecule has 0 aromatic heterocycles. The second-order valence-electron chi connectivity index (χ2n) is 17.0. The van der Waals surface area contributed by atoms with Crippen LogP contribution in [-0.4, -0.2) is 90.8 Å². The number of nitrogens with zero attached hydrogens (tertiary/aromatic N) is 3. The van der Waals surface area contributed by atoms with E-state index in [0.717, 1.165) is 24.0 Å². The Labute approximate surface area is 393 Å². The van der Waals surface area contributed by atoms with Crippen molar-refractivity contribution in [2.24, 2.45) is 22.9 Å². The number of oxime groups is 1. The molecule has 4 aromatic carbocycles. The van der Waals surface area contributed by atoms with Crippen LogP contribution in [-0.2, 0) is 16.1 Å². The molecule has 68 heavy (non-hydrogen) atoms. The Balaban J connectivity index is 1.32. The maximum absolute atomic E-state index is 15.1. The van der Waals surface area contributed by atoms with Gasteiger partial charge in [-0.2, -0.15) is 0 Å². The normalized spacial score (nSPS) is 22.4. The molecule has 1 amide bonds. The van der Waals surface area contributed by atoms with E-state index in [0.29, 0.717) is 83.3 Å². The number of unbranched alkanes of at least 4 members (excludes halogenated alkanes) is 2. The summed E-state index contributed by atoms with van der Waals surface area (Å²) in [6.07, 6.45) is 7.91. The highest BCUT2D eigenvalue weighted by molar-refractivity contribution is 6.03. The van der Waals surface area contributed by atoms with E-state index in [2.05, 4.69) is 17.8 Å². The van der Waals surface area contributed by atoms with Gasteiger partial charge in [-0.3, -0.25) is 19.8 Å². The van der Waals surface area contributed by atoms with Crippen LogP contribution >= 0.6 is 0 Å². The zero-order chi connectivity index (χ0) is 47.8. The average Bonchev–Trinajstić information content (AvgIpc) is 3.82. The van der Waals surface area contributed by atoms with Gasteiger partial charge in [0, 0.05) is 49.8 Å². The molecule has 0 bridgehead atoms. The predicted octanol–water partition coefficient (Wildman–Crippen LogP) is 8.90. The quantitative estimate of drug-likeness (QED) is 0.0263. The number of allylic oxidation sites excluding steroid dienone is 1. The molecule has 17 nitrogen and oxygen atoms in total. The summed E-state index contributed by atoms with van der Waals surface area (Å²) < 4.78 is 43.7. The van der Waals surface area contributed by atoms with E-state index in [1.165, 1.54) is 43.4 Å². The summed E-state index contributed by atoms with van der Waals surface area (Å²) in [6.45, 7) is 4.09. The molecule has 17 heteroatoms. The molecule has 4 aromatic rings. The van der Waals surface area contributed by atoms with Crippen molar-refractivity contribution in [2.45, 2.75) is 69.2 Å². The van der Waals surface area contributed by atoms with E-state index < -0.39 is 28.8 Å². The lowest BCUT2D eigenvalue weighted by Crippen LogP contribution is -2.70. The molecule has 8 rings (SSSR count). The van der Waals surface area contributed by atoms with Crippen LogP contribution < -0.4 is 28.4 Å². The first-order valence-corrected chi connectivity index (χ1v) is 22.7. The minimum Gasteiger partial charge on any atom is -0.496 e. The van der Waals surface area contributed by atoms with Crippen molar-refractivity contribution in [3.8, 4) is 40.2 Å². The zero-order valence-corrected chi connectivity index (χ0v) is 38.0. The smallest absolute Gasteiger partial charge is 0.416 e. The molecule has 6 atom stereocenters. The highest BCUT2D eigenvalue weighted by Gasteiger charge is 2.66. The zero-order valence-electron chi connectivity index (χ0n) is 38.0. The number of nitro benzene ring substituents is 1. The summed E-state index contributed by atoms with van der Waals surface area (Å²) in [5, 5.41) is 36.1. The number of aldehydes is 1. The number of hydrogen-bond donors (Lipinski definition) is 2. The average molecular weight is 934 g/mol. The third kappa shape index (κ3) is 9.72. The number of hydrogen-bond acceptors (Lipinski definition) is 15. The fourth-order valence-corrected chi connectivity index (χ4v) is 10.2. The Morgan fingerprint density at radius 2 is 1.65 bits per heavy atom. The first kappa shape index (κ1) is 47.5. The summed E-state index contributed by atoms with van der Waals surface area (Å²) >= 11 is 0. The van der Waals surface area contributed by atoms with Crippen LogP contribution in [0.3, 0.4) is 0 Å². The Morgan fingerprint density at radius 3 is 2.37 bits per heavy atom. The summed E-state index contributed by atoms with van der Waals surface area (Å²) in [4.78, 5) is 45.2. The van der Waals surface area contributed by atoms with Crippen LogP contribution in [0.1, 0.15) is 72.3 Å². The molecular weight excluding hydrogens is 879 g/mol. The summed E-state index contributed by atoms with van der Waals surface area (Å²) in [5.74, 6) is 0.123. The van der Waals surface area contributed by atoms with Crippen molar-refractivity contribution in [3.05, 3.63) is 130 Å². The van der Waals surface area contributed by atoms with Gasteiger partial charge in [-0.1, -0.05) is 36.2 Å². The lowest BCUT2D eigenvalue weighted by atomic mass is 9.55. The third-order valence-corrected chi connectivity index (χ3v) is 13.1. The molecule has 1 saturated carbocycles. The SMILES string of the molecule is C=CCOC12Oc3ccc(Oc4ccc(OC)c(C=O)c4)cc3C3C(CCCCO)C(CCCCO)C=C(C(=NOC)CC1N(Cc1ccc4c(c1)OCO4)C(=O)Oc1ccc([N+](=O)[O-])cc1)C32. The Hall–Kier alpha value is -6.95. The fourth-order valence-electron chi connectivity index (χ4n) is 10.2. The number of benzene rings is 4. The summed E-state index contributed by atoms with van der Waals surface area (Å²) in [7, 11) is 2.96. The van der Waals surface area contributed by atoms with E-state index in [1.807, 2.05) is 18.2 Å². The topological polar surface area (TPSA) is 207 Å². The molecule has 0 saturated heterocycles. The molecule has 1 fully saturated rings. The number of carbonyl (C=O) groups excluding carboxylic acids is 2. The van der Waals surface area contributed by atoms with Crippen LogP contribution in [0.25, 0.3) is 0 Å². The van der Waals surface area contributed by atoms with E-state index in [4.69, 9.17) is 38.0 Å². The minimum absolute atomic E-state index is 0.0151. The molecule has 0 spiro atoms. The van der Waals surface area contributed by atoms with Gasteiger partial charge in [0.25, 0.3) is 5.69 Å². The second kappa shape index (κ2) is 21.3. The van der Waals surface area contributed by atoms with Gasteiger partial charge in [0.15, 0.2) is 17.8 Å². The van der Waals surface area contributed by atoms with Gasteiger partial charge in [0.05, 0.1) is 35.8 Å². The summed E-state index contributed by atoms with van der Waals surface area (Å²) in [5.41, 5.74) is 3.01. The number of aliphatic hydroxyl groups is 2. The van der Waals surface area contributed by atoms with Gasteiger partial charge < -0.3 is 48.2 Å². The monoisotopic (exact) mass is 933 g/mol. The number of ether oxygens (including phenoxy) is 7. The first-order valence-electron chi connectivity index (χ1n) is 22.7. The molecule has 0 radical (unpaired) electrons. The van der Waals surface area contributed by atoms with E-state index in [9.17, 15) is 25.1 Å². The predicted molar refractivity (Wildman–Crippen MR) is 248 cm³/mol. The minimum atomic E-state index is -1.64. The Kier molecular flexibility index (Phi) is 14.9. The number of non-ortho nitro benzene ring substituents is 1. The summed E-state index contributed by atoms with van der Waals surface area (Å²) in [6, 6.07) is 20.2. The van der Waals surface area contributed by atoms with Gasteiger partial charge in [0.1, 0.15) is 41.9 Å².